The molecular weight excluding hydrogens is 457 g/mol. The number of amides is 1. The Bertz CT molecular complexity index is 1130. The van der Waals surface area contributed by atoms with Gasteiger partial charge in [-0.05, 0) is 38.5 Å². The number of nitrogens with zero attached hydrogens (tertiary/aromatic N) is 4. The van der Waals surface area contributed by atoms with E-state index in [4.69, 9.17) is 11.6 Å². The van der Waals surface area contributed by atoms with Crippen molar-refractivity contribution in [1.82, 2.24) is 14.7 Å². The molecule has 11 heteroatoms. The Morgan fingerprint density at radius 1 is 1.25 bits per heavy atom. The summed E-state index contributed by atoms with van der Waals surface area (Å²) in [7, 11) is -2.98. The van der Waals surface area contributed by atoms with Crippen molar-refractivity contribution in [2.75, 3.05) is 54.4 Å². The first kappa shape index (κ1) is 23.0. The Labute approximate surface area is 192 Å². The van der Waals surface area contributed by atoms with E-state index in [1.165, 1.54) is 18.2 Å². The van der Waals surface area contributed by atoms with Crippen LogP contribution >= 0.6 is 11.6 Å². The van der Waals surface area contributed by atoms with Crippen LogP contribution in [0, 0.1) is 19.7 Å². The Morgan fingerprint density at radius 2 is 1.97 bits per heavy atom. The highest BCUT2D eigenvalue weighted by Gasteiger charge is 2.32. The van der Waals surface area contributed by atoms with Gasteiger partial charge in [-0.1, -0.05) is 11.6 Å². The Balaban J connectivity index is 1.34. The van der Waals surface area contributed by atoms with E-state index in [0.29, 0.717) is 25.2 Å². The van der Waals surface area contributed by atoms with Crippen molar-refractivity contribution in [2.45, 2.75) is 26.3 Å². The van der Waals surface area contributed by atoms with Crippen LogP contribution in [0.4, 0.5) is 15.8 Å². The van der Waals surface area contributed by atoms with Crippen LogP contribution in [-0.2, 0) is 14.6 Å². The Kier molecular flexibility index (Phi) is 6.46. The van der Waals surface area contributed by atoms with Crippen LogP contribution in [0.15, 0.2) is 18.2 Å². The Morgan fingerprint density at radius 3 is 2.59 bits per heavy atom. The zero-order valence-electron chi connectivity index (χ0n) is 18.1. The molecule has 2 saturated heterocycles. The summed E-state index contributed by atoms with van der Waals surface area (Å²) < 4.78 is 38.9. The van der Waals surface area contributed by atoms with Gasteiger partial charge in [-0.3, -0.25) is 14.4 Å². The second-order valence-electron chi connectivity index (χ2n) is 8.46. The third kappa shape index (κ3) is 4.92. The second-order valence-corrected chi connectivity index (χ2v) is 11.1. The maximum atomic E-state index is 13.3. The van der Waals surface area contributed by atoms with Gasteiger partial charge in [0, 0.05) is 31.9 Å². The predicted octanol–water partition coefficient (Wildman–Crippen LogP) is 2.41. The van der Waals surface area contributed by atoms with Crippen molar-refractivity contribution in [3.8, 4) is 0 Å². The molecule has 32 heavy (non-hydrogen) atoms. The van der Waals surface area contributed by atoms with Crippen molar-refractivity contribution in [1.29, 1.82) is 0 Å². The molecule has 2 aliphatic heterocycles. The molecule has 0 saturated carbocycles. The van der Waals surface area contributed by atoms with Crippen LogP contribution in [0.5, 0.6) is 0 Å². The van der Waals surface area contributed by atoms with Crippen molar-refractivity contribution in [3.05, 3.63) is 40.4 Å². The molecule has 1 unspecified atom stereocenters. The largest absolute Gasteiger partial charge is 0.366 e. The van der Waals surface area contributed by atoms with Gasteiger partial charge in [0.2, 0.25) is 5.91 Å². The van der Waals surface area contributed by atoms with Gasteiger partial charge in [-0.15, -0.1) is 0 Å². The average molecular weight is 484 g/mol. The van der Waals surface area contributed by atoms with Crippen molar-refractivity contribution in [3.63, 3.8) is 0 Å². The summed E-state index contributed by atoms with van der Waals surface area (Å²) in [4.78, 5) is 16.7. The predicted molar refractivity (Wildman–Crippen MR) is 123 cm³/mol. The van der Waals surface area contributed by atoms with Gasteiger partial charge in [0.05, 0.1) is 46.2 Å². The molecule has 0 aliphatic carbocycles. The number of carbonyl (C=O) groups excluding carboxylic acids is 1. The molecule has 2 aromatic rings. The number of nitrogens with one attached hydrogen (secondary N) is 1. The minimum absolute atomic E-state index is 0.0297. The standard InChI is InChI=1S/C21H27ClFN5O3S/c1-14-21(15(2)28(25-14)17-5-10-32(30,31)13-17)27-8-6-26(7-9-27)12-20(29)24-16-3-4-19(23)18(22)11-16/h3-4,11,17H,5-10,12-13H2,1-2H3,(H,24,29). The molecule has 0 bridgehead atoms. The van der Waals surface area contributed by atoms with Gasteiger partial charge in [0.1, 0.15) is 5.82 Å². The molecular formula is C21H27ClFN5O3S. The molecule has 0 radical (unpaired) electrons. The lowest BCUT2D eigenvalue weighted by atomic mass is 10.2. The Hall–Kier alpha value is -2.17. The zero-order valence-corrected chi connectivity index (χ0v) is 19.7. The minimum Gasteiger partial charge on any atom is -0.366 e. The molecule has 3 heterocycles. The fourth-order valence-corrected chi connectivity index (χ4v) is 6.42. The van der Waals surface area contributed by atoms with E-state index in [-0.39, 0.29) is 35.0 Å². The summed E-state index contributed by atoms with van der Waals surface area (Å²) in [6.45, 7) is 7.08. The molecule has 1 N–H and O–H groups in total. The topological polar surface area (TPSA) is 87.5 Å². The summed E-state index contributed by atoms with van der Waals surface area (Å²) in [5.41, 5.74) is 3.40. The van der Waals surface area contributed by atoms with E-state index >= 15 is 0 Å². The summed E-state index contributed by atoms with van der Waals surface area (Å²) in [5.74, 6) is -0.333. The van der Waals surface area contributed by atoms with E-state index in [2.05, 4.69) is 20.2 Å². The first-order valence-electron chi connectivity index (χ1n) is 10.6. The van der Waals surface area contributed by atoms with E-state index in [9.17, 15) is 17.6 Å². The molecule has 174 valence electrons. The number of anilines is 2. The number of carbonyl (C=O) groups is 1. The van der Waals surface area contributed by atoms with Crippen LogP contribution in [0.1, 0.15) is 23.9 Å². The van der Waals surface area contributed by atoms with Gasteiger partial charge in [-0.25, -0.2) is 12.8 Å². The van der Waals surface area contributed by atoms with Crippen LogP contribution in [0.2, 0.25) is 5.02 Å². The SMILES string of the molecule is Cc1nn(C2CCS(=O)(=O)C2)c(C)c1N1CCN(CC(=O)Nc2ccc(F)c(Cl)c2)CC1. The van der Waals surface area contributed by atoms with Crippen LogP contribution in [-0.4, -0.2) is 73.2 Å². The normalized spacial score (nSPS) is 21.1. The van der Waals surface area contributed by atoms with Gasteiger partial charge < -0.3 is 10.2 Å². The summed E-state index contributed by atoms with van der Waals surface area (Å²) in [6.07, 6.45) is 0.603. The van der Waals surface area contributed by atoms with Crippen LogP contribution in [0.25, 0.3) is 0 Å². The van der Waals surface area contributed by atoms with Crippen molar-refractivity contribution in [2.24, 2.45) is 0 Å². The molecule has 0 spiro atoms. The average Bonchev–Trinajstić information content (AvgIpc) is 3.23. The summed E-state index contributed by atoms with van der Waals surface area (Å²) in [6, 6.07) is 4.00. The minimum atomic E-state index is -2.98. The second kappa shape index (κ2) is 8.99. The number of sulfone groups is 1. The number of hydrogen-bond donors (Lipinski definition) is 1. The fraction of sp³-hybridized carbons (Fsp3) is 0.524. The number of halogens is 2. The van der Waals surface area contributed by atoms with Gasteiger partial charge in [0.25, 0.3) is 0 Å². The van der Waals surface area contributed by atoms with Crippen LogP contribution < -0.4 is 10.2 Å². The maximum Gasteiger partial charge on any atom is 0.238 e. The summed E-state index contributed by atoms with van der Waals surface area (Å²) >= 11 is 5.77. The van der Waals surface area contributed by atoms with E-state index in [0.717, 1.165) is 30.2 Å². The quantitative estimate of drug-likeness (QED) is 0.702. The maximum absolute atomic E-state index is 13.3. The molecule has 8 nitrogen and oxygen atoms in total. The number of aryl methyl sites for hydroxylation is 1. The first-order valence-corrected chi connectivity index (χ1v) is 12.8. The van der Waals surface area contributed by atoms with E-state index in [1.54, 1.807) is 0 Å². The lowest BCUT2D eigenvalue weighted by molar-refractivity contribution is -0.117. The number of aromatic nitrogens is 2. The molecule has 1 aromatic heterocycles. The highest BCUT2D eigenvalue weighted by Crippen LogP contribution is 2.31. The van der Waals surface area contributed by atoms with Gasteiger partial charge in [0.15, 0.2) is 9.84 Å². The molecule has 4 rings (SSSR count). The smallest absolute Gasteiger partial charge is 0.238 e. The molecule has 1 amide bonds. The third-order valence-electron chi connectivity index (χ3n) is 6.10. The fourth-order valence-electron chi connectivity index (χ4n) is 4.54. The van der Waals surface area contributed by atoms with Crippen LogP contribution in [0.3, 0.4) is 0 Å². The molecule has 1 atom stereocenters. The van der Waals surface area contributed by atoms with Gasteiger partial charge in [-0.2, -0.15) is 5.10 Å². The monoisotopic (exact) mass is 483 g/mol. The lowest BCUT2D eigenvalue weighted by Crippen LogP contribution is -2.49. The summed E-state index contributed by atoms with van der Waals surface area (Å²) in [5, 5.41) is 7.38. The van der Waals surface area contributed by atoms with E-state index in [1.807, 2.05) is 18.5 Å². The first-order chi connectivity index (χ1) is 15.1. The number of rotatable bonds is 5. The molecule has 2 aliphatic rings. The number of hydrogen-bond acceptors (Lipinski definition) is 6. The van der Waals surface area contributed by atoms with Gasteiger partial charge >= 0.3 is 0 Å². The number of benzene rings is 1. The molecule has 2 fully saturated rings. The number of piperazine rings is 1. The van der Waals surface area contributed by atoms with Crippen molar-refractivity contribution >= 4 is 38.7 Å². The lowest BCUT2D eigenvalue weighted by Gasteiger charge is -2.36. The highest BCUT2D eigenvalue weighted by atomic mass is 35.5. The highest BCUT2D eigenvalue weighted by molar-refractivity contribution is 7.91. The third-order valence-corrected chi connectivity index (χ3v) is 8.14. The van der Waals surface area contributed by atoms with E-state index < -0.39 is 15.7 Å². The molecule has 1 aromatic carbocycles. The zero-order chi connectivity index (χ0) is 23.0. The van der Waals surface area contributed by atoms with Crippen molar-refractivity contribution < 1.29 is 17.6 Å².